The Balaban J connectivity index is 2.06. The van der Waals surface area contributed by atoms with Gasteiger partial charge in [-0.15, -0.1) is 0 Å². The van der Waals surface area contributed by atoms with Gasteiger partial charge < -0.3 is 10.2 Å². The van der Waals surface area contributed by atoms with Gasteiger partial charge in [0, 0.05) is 44.1 Å². The molecule has 3 nitrogen and oxygen atoms in total. The van der Waals surface area contributed by atoms with Crippen LogP contribution in [0.3, 0.4) is 0 Å². The maximum absolute atomic E-state index is 4.38. The van der Waals surface area contributed by atoms with Crippen LogP contribution >= 0.6 is 0 Å². The van der Waals surface area contributed by atoms with Crippen molar-refractivity contribution in [3.05, 3.63) is 59.4 Å². The first kappa shape index (κ1) is 14.5. The maximum Gasteiger partial charge on any atom is 0.0421 e. The van der Waals surface area contributed by atoms with Crippen LogP contribution in [0.25, 0.3) is 0 Å². The lowest BCUT2D eigenvalue weighted by Crippen LogP contribution is -2.23. The zero-order chi connectivity index (χ0) is 14.4. The van der Waals surface area contributed by atoms with E-state index in [9.17, 15) is 0 Å². The molecule has 0 saturated carbocycles. The zero-order valence-electron chi connectivity index (χ0n) is 12.6. The molecule has 3 heteroatoms. The van der Waals surface area contributed by atoms with Gasteiger partial charge in [-0.3, -0.25) is 4.98 Å². The zero-order valence-corrected chi connectivity index (χ0v) is 12.6. The van der Waals surface area contributed by atoms with Crippen LogP contribution in [-0.2, 0) is 13.0 Å². The van der Waals surface area contributed by atoms with Crippen molar-refractivity contribution in [2.24, 2.45) is 0 Å². The van der Waals surface area contributed by atoms with Crippen molar-refractivity contribution in [3.8, 4) is 0 Å². The van der Waals surface area contributed by atoms with Crippen LogP contribution in [0.15, 0.2) is 42.6 Å². The van der Waals surface area contributed by atoms with Crippen LogP contribution in [0.2, 0.25) is 0 Å². The minimum atomic E-state index is 0.894. The minimum Gasteiger partial charge on any atom is -0.374 e. The average molecular weight is 269 g/mol. The molecule has 0 unspecified atom stereocenters. The summed E-state index contributed by atoms with van der Waals surface area (Å²) >= 11 is 0. The Morgan fingerprint density at radius 1 is 1.20 bits per heavy atom. The molecule has 0 bridgehead atoms. The highest BCUT2D eigenvalue weighted by Crippen LogP contribution is 2.21. The number of aryl methyl sites for hydroxylation is 1. The molecular weight excluding hydrogens is 246 g/mol. The second-order valence-corrected chi connectivity index (χ2v) is 5.16. The van der Waals surface area contributed by atoms with E-state index in [0.29, 0.717) is 0 Å². The van der Waals surface area contributed by atoms with Gasteiger partial charge in [0.25, 0.3) is 0 Å². The van der Waals surface area contributed by atoms with E-state index < -0.39 is 0 Å². The van der Waals surface area contributed by atoms with Crippen LogP contribution in [0.5, 0.6) is 0 Å². The second-order valence-electron chi connectivity index (χ2n) is 5.16. The van der Waals surface area contributed by atoms with Gasteiger partial charge in [0.15, 0.2) is 0 Å². The van der Waals surface area contributed by atoms with Gasteiger partial charge in [0.1, 0.15) is 0 Å². The smallest absolute Gasteiger partial charge is 0.0421 e. The standard InChI is InChI=1S/C17H23N3/c1-14-7-8-17(15(12-14)13-18-2)20(3)11-9-16-6-4-5-10-19-16/h4-8,10,12,18H,9,11,13H2,1-3H3. The minimum absolute atomic E-state index is 0.894. The molecule has 0 saturated heterocycles. The summed E-state index contributed by atoms with van der Waals surface area (Å²) in [7, 11) is 4.13. The number of hydrogen-bond acceptors (Lipinski definition) is 3. The first-order valence-electron chi connectivity index (χ1n) is 7.06. The van der Waals surface area contributed by atoms with E-state index in [4.69, 9.17) is 0 Å². The summed E-state index contributed by atoms with van der Waals surface area (Å²) in [5.41, 5.74) is 5.08. The molecule has 2 rings (SSSR count). The van der Waals surface area contributed by atoms with Crippen molar-refractivity contribution in [3.63, 3.8) is 0 Å². The first-order valence-corrected chi connectivity index (χ1v) is 7.06. The van der Waals surface area contributed by atoms with Gasteiger partial charge in [-0.05, 0) is 37.7 Å². The fourth-order valence-corrected chi connectivity index (χ4v) is 2.37. The van der Waals surface area contributed by atoms with Crippen LogP contribution in [0, 0.1) is 6.92 Å². The highest BCUT2D eigenvalue weighted by molar-refractivity contribution is 5.54. The summed E-state index contributed by atoms with van der Waals surface area (Å²) in [5.74, 6) is 0. The molecule has 1 aromatic heterocycles. The number of aromatic nitrogens is 1. The summed E-state index contributed by atoms with van der Waals surface area (Å²) in [6.45, 7) is 4.00. The third kappa shape index (κ3) is 3.81. The molecule has 0 radical (unpaired) electrons. The van der Waals surface area contributed by atoms with Crippen molar-refractivity contribution >= 4 is 5.69 Å². The number of hydrogen-bond donors (Lipinski definition) is 1. The summed E-state index contributed by atoms with van der Waals surface area (Å²) < 4.78 is 0. The maximum atomic E-state index is 4.38. The largest absolute Gasteiger partial charge is 0.374 e. The Hall–Kier alpha value is -1.87. The lowest BCUT2D eigenvalue weighted by atomic mass is 10.1. The van der Waals surface area contributed by atoms with E-state index in [0.717, 1.165) is 25.2 Å². The molecule has 0 aliphatic rings. The van der Waals surface area contributed by atoms with Crippen molar-refractivity contribution in [1.29, 1.82) is 0 Å². The molecule has 0 aliphatic heterocycles. The molecule has 0 fully saturated rings. The fraction of sp³-hybridized carbons (Fsp3) is 0.353. The fourth-order valence-electron chi connectivity index (χ4n) is 2.37. The summed E-state index contributed by atoms with van der Waals surface area (Å²) in [6, 6.07) is 12.7. The number of anilines is 1. The number of benzene rings is 1. The van der Waals surface area contributed by atoms with Crippen LogP contribution in [0.4, 0.5) is 5.69 Å². The van der Waals surface area contributed by atoms with Gasteiger partial charge in [-0.25, -0.2) is 0 Å². The molecular formula is C17H23N3. The van der Waals surface area contributed by atoms with Crippen molar-refractivity contribution in [2.45, 2.75) is 19.9 Å². The van der Waals surface area contributed by atoms with Gasteiger partial charge in [0.2, 0.25) is 0 Å². The number of nitrogens with one attached hydrogen (secondary N) is 1. The predicted molar refractivity (Wildman–Crippen MR) is 85.2 cm³/mol. The van der Waals surface area contributed by atoms with E-state index in [1.807, 2.05) is 25.4 Å². The normalized spacial score (nSPS) is 10.6. The van der Waals surface area contributed by atoms with E-state index in [-0.39, 0.29) is 0 Å². The molecule has 106 valence electrons. The summed E-state index contributed by atoms with van der Waals surface area (Å²) in [5, 5.41) is 3.24. The number of rotatable bonds is 6. The van der Waals surface area contributed by atoms with E-state index in [2.05, 4.69) is 53.4 Å². The van der Waals surface area contributed by atoms with E-state index >= 15 is 0 Å². The third-order valence-electron chi connectivity index (χ3n) is 3.44. The molecule has 0 spiro atoms. The van der Waals surface area contributed by atoms with Crippen molar-refractivity contribution in [2.75, 3.05) is 25.5 Å². The Morgan fingerprint density at radius 3 is 2.75 bits per heavy atom. The van der Waals surface area contributed by atoms with E-state index in [1.165, 1.54) is 16.8 Å². The van der Waals surface area contributed by atoms with E-state index in [1.54, 1.807) is 0 Å². The Kier molecular flexibility index (Phi) is 5.13. The number of likely N-dealkylation sites (N-methyl/N-ethyl adjacent to an activating group) is 1. The third-order valence-corrected chi connectivity index (χ3v) is 3.44. The van der Waals surface area contributed by atoms with Gasteiger partial charge in [-0.2, -0.15) is 0 Å². The highest BCUT2D eigenvalue weighted by atomic mass is 15.1. The SMILES string of the molecule is CNCc1cc(C)ccc1N(C)CCc1ccccn1. The Bertz CT molecular complexity index is 537. The Labute approximate surface area is 121 Å². The first-order chi connectivity index (χ1) is 9.70. The molecule has 0 amide bonds. The molecule has 2 aromatic rings. The lowest BCUT2D eigenvalue weighted by molar-refractivity contribution is 0.797. The van der Waals surface area contributed by atoms with Crippen LogP contribution in [0.1, 0.15) is 16.8 Å². The molecule has 1 aromatic carbocycles. The average Bonchev–Trinajstić information content (AvgIpc) is 2.46. The van der Waals surface area contributed by atoms with Gasteiger partial charge in [0.05, 0.1) is 0 Å². The highest BCUT2D eigenvalue weighted by Gasteiger charge is 2.07. The molecule has 0 atom stereocenters. The predicted octanol–water partition coefficient (Wildman–Crippen LogP) is 2.79. The molecule has 0 aliphatic carbocycles. The number of nitrogens with zero attached hydrogens (tertiary/aromatic N) is 2. The van der Waals surface area contributed by atoms with Crippen LogP contribution in [-0.4, -0.2) is 25.6 Å². The topological polar surface area (TPSA) is 28.2 Å². The van der Waals surface area contributed by atoms with Crippen molar-refractivity contribution < 1.29 is 0 Å². The molecule has 1 N–H and O–H groups in total. The molecule has 20 heavy (non-hydrogen) atoms. The van der Waals surface area contributed by atoms with Gasteiger partial charge in [-0.1, -0.05) is 23.8 Å². The quantitative estimate of drug-likeness (QED) is 0.874. The van der Waals surface area contributed by atoms with Crippen LogP contribution < -0.4 is 10.2 Å². The lowest BCUT2D eigenvalue weighted by Gasteiger charge is -2.23. The Morgan fingerprint density at radius 2 is 2.05 bits per heavy atom. The summed E-state index contributed by atoms with van der Waals surface area (Å²) in [6.07, 6.45) is 2.82. The second kappa shape index (κ2) is 7.06. The summed E-state index contributed by atoms with van der Waals surface area (Å²) in [4.78, 5) is 6.68. The number of pyridine rings is 1. The molecule has 1 heterocycles. The monoisotopic (exact) mass is 269 g/mol. The van der Waals surface area contributed by atoms with Gasteiger partial charge >= 0.3 is 0 Å². The van der Waals surface area contributed by atoms with Crippen molar-refractivity contribution in [1.82, 2.24) is 10.3 Å².